The topological polar surface area (TPSA) is 46.3 Å². The zero-order valence-electron chi connectivity index (χ0n) is 9.10. The maximum atomic E-state index is 9.48. The van der Waals surface area contributed by atoms with Crippen LogP contribution in [-0.2, 0) is 0 Å². The Morgan fingerprint density at radius 3 is 2.81 bits per heavy atom. The van der Waals surface area contributed by atoms with E-state index in [4.69, 9.17) is 4.42 Å². The van der Waals surface area contributed by atoms with Gasteiger partial charge in [0.05, 0.1) is 6.10 Å². The van der Waals surface area contributed by atoms with Crippen LogP contribution in [0.2, 0.25) is 0 Å². The van der Waals surface area contributed by atoms with Crippen molar-refractivity contribution in [2.45, 2.75) is 37.7 Å². The van der Waals surface area contributed by atoms with E-state index in [0.717, 1.165) is 36.8 Å². The van der Waals surface area contributed by atoms with E-state index >= 15 is 0 Å². The number of rotatable bonds is 1. The SMILES string of the molecule is OC1CCC(c2ccc3ncoc3c2)CC1. The standard InChI is InChI=1S/C13H15NO2/c15-11-4-1-9(2-5-11)10-3-6-12-13(7-10)16-8-14-12/h3,6-9,11,15H,1-2,4-5H2. The zero-order chi connectivity index (χ0) is 11.0. The molecule has 0 bridgehead atoms. The first-order valence-electron chi connectivity index (χ1n) is 5.84. The number of aliphatic hydroxyl groups excluding tert-OH is 1. The summed E-state index contributed by atoms with van der Waals surface area (Å²) in [7, 11) is 0. The molecule has 3 rings (SSSR count). The van der Waals surface area contributed by atoms with Gasteiger partial charge in [-0.1, -0.05) is 6.07 Å². The minimum Gasteiger partial charge on any atom is -0.443 e. The summed E-state index contributed by atoms with van der Waals surface area (Å²) >= 11 is 0. The summed E-state index contributed by atoms with van der Waals surface area (Å²) in [5.74, 6) is 0.567. The Morgan fingerprint density at radius 1 is 1.19 bits per heavy atom. The van der Waals surface area contributed by atoms with E-state index in [1.165, 1.54) is 12.0 Å². The van der Waals surface area contributed by atoms with Gasteiger partial charge >= 0.3 is 0 Å². The van der Waals surface area contributed by atoms with Crippen LogP contribution in [0.15, 0.2) is 29.0 Å². The lowest BCUT2D eigenvalue weighted by Crippen LogP contribution is -2.16. The van der Waals surface area contributed by atoms with Gasteiger partial charge in [0, 0.05) is 0 Å². The molecule has 3 heteroatoms. The van der Waals surface area contributed by atoms with Gasteiger partial charge in [-0.2, -0.15) is 0 Å². The molecule has 0 unspecified atom stereocenters. The van der Waals surface area contributed by atoms with Crippen LogP contribution in [0.5, 0.6) is 0 Å². The molecular weight excluding hydrogens is 202 g/mol. The molecule has 2 aromatic rings. The average Bonchev–Trinajstić information content (AvgIpc) is 2.77. The molecule has 0 radical (unpaired) electrons. The lowest BCUT2D eigenvalue weighted by atomic mass is 9.83. The van der Waals surface area contributed by atoms with Crippen LogP contribution in [0.4, 0.5) is 0 Å². The highest BCUT2D eigenvalue weighted by Gasteiger charge is 2.21. The minimum absolute atomic E-state index is 0.0924. The quantitative estimate of drug-likeness (QED) is 0.799. The van der Waals surface area contributed by atoms with Crippen molar-refractivity contribution in [2.75, 3.05) is 0 Å². The molecular formula is C13H15NO2. The first kappa shape index (κ1) is 9.85. The first-order chi connectivity index (χ1) is 7.83. The van der Waals surface area contributed by atoms with Crippen molar-refractivity contribution in [1.29, 1.82) is 0 Å². The fraction of sp³-hybridized carbons (Fsp3) is 0.462. The number of hydrogen-bond acceptors (Lipinski definition) is 3. The largest absolute Gasteiger partial charge is 0.443 e. The Morgan fingerprint density at radius 2 is 2.00 bits per heavy atom. The van der Waals surface area contributed by atoms with Gasteiger partial charge in [0.25, 0.3) is 0 Å². The molecule has 0 amide bonds. The summed E-state index contributed by atoms with van der Waals surface area (Å²) in [5.41, 5.74) is 3.10. The van der Waals surface area contributed by atoms with Gasteiger partial charge in [-0.05, 0) is 49.3 Å². The van der Waals surface area contributed by atoms with Gasteiger partial charge in [-0.15, -0.1) is 0 Å². The molecule has 3 nitrogen and oxygen atoms in total. The third-order valence-corrected chi connectivity index (χ3v) is 3.52. The van der Waals surface area contributed by atoms with Crippen LogP contribution in [0.25, 0.3) is 11.1 Å². The summed E-state index contributed by atoms with van der Waals surface area (Å²) in [6.07, 6.45) is 5.36. The molecule has 1 fully saturated rings. The van der Waals surface area contributed by atoms with E-state index in [9.17, 15) is 5.11 Å². The van der Waals surface area contributed by atoms with Gasteiger partial charge in [-0.25, -0.2) is 4.98 Å². The van der Waals surface area contributed by atoms with E-state index < -0.39 is 0 Å². The van der Waals surface area contributed by atoms with E-state index in [-0.39, 0.29) is 6.10 Å². The number of aromatic nitrogens is 1. The van der Waals surface area contributed by atoms with Crippen LogP contribution >= 0.6 is 0 Å². The van der Waals surface area contributed by atoms with Crippen molar-refractivity contribution in [2.24, 2.45) is 0 Å². The van der Waals surface area contributed by atoms with Gasteiger partial charge in [0.2, 0.25) is 0 Å². The highest BCUT2D eigenvalue weighted by Crippen LogP contribution is 2.33. The Hall–Kier alpha value is -1.35. The maximum Gasteiger partial charge on any atom is 0.181 e. The van der Waals surface area contributed by atoms with E-state index in [0.29, 0.717) is 5.92 Å². The van der Waals surface area contributed by atoms with Gasteiger partial charge in [0.15, 0.2) is 12.0 Å². The summed E-state index contributed by atoms with van der Waals surface area (Å²) in [4.78, 5) is 4.11. The number of hydrogen-bond donors (Lipinski definition) is 1. The number of oxazole rings is 1. The first-order valence-corrected chi connectivity index (χ1v) is 5.84. The van der Waals surface area contributed by atoms with Crippen molar-refractivity contribution >= 4 is 11.1 Å². The van der Waals surface area contributed by atoms with Crippen molar-refractivity contribution in [3.63, 3.8) is 0 Å². The number of aliphatic hydroxyl groups is 1. The molecule has 1 saturated carbocycles. The van der Waals surface area contributed by atoms with Crippen LogP contribution < -0.4 is 0 Å². The molecule has 0 saturated heterocycles. The number of nitrogens with zero attached hydrogens (tertiary/aromatic N) is 1. The summed E-state index contributed by atoms with van der Waals surface area (Å²) in [6, 6.07) is 6.23. The Bertz CT molecular complexity index is 483. The molecule has 1 aromatic heterocycles. The molecule has 1 aliphatic rings. The predicted molar refractivity (Wildman–Crippen MR) is 61.2 cm³/mol. The van der Waals surface area contributed by atoms with Crippen LogP contribution in [0.1, 0.15) is 37.2 Å². The van der Waals surface area contributed by atoms with Crippen LogP contribution in [0.3, 0.4) is 0 Å². The fourth-order valence-electron chi connectivity index (χ4n) is 2.53. The monoisotopic (exact) mass is 217 g/mol. The average molecular weight is 217 g/mol. The van der Waals surface area contributed by atoms with Crippen LogP contribution in [0, 0.1) is 0 Å². The molecule has 84 valence electrons. The van der Waals surface area contributed by atoms with Crippen molar-refractivity contribution < 1.29 is 9.52 Å². The van der Waals surface area contributed by atoms with Gasteiger partial charge in [-0.3, -0.25) is 0 Å². The molecule has 0 atom stereocenters. The highest BCUT2D eigenvalue weighted by atomic mass is 16.3. The number of benzene rings is 1. The molecule has 0 spiro atoms. The molecule has 1 N–H and O–H groups in total. The lowest BCUT2D eigenvalue weighted by Gasteiger charge is -2.25. The Kier molecular flexibility index (Phi) is 2.40. The third-order valence-electron chi connectivity index (χ3n) is 3.52. The second-order valence-corrected chi connectivity index (χ2v) is 4.58. The summed E-state index contributed by atoms with van der Waals surface area (Å²) in [6.45, 7) is 0. The Labute approximate surface area is 94.1 Å². The summed E-state index contributed by atoms with van der Waals surface area (Å²) < 4.78 is 5.31. The molecule has 1 aliphatic carbocycles. The lowest BCUT2D eigenvalue weighted by molar-refractivity contribution is 0.122. The van der Waals surface area contributed by atoms with Crippen molar-refractivity contribution in [1.82, 2.24) is 4.98 Å². The zero-order valence-corrected chi connectivity index (χ0v) is 9.10. The Balaban J connectivity index is 1.87. The fourth-order valence-corrected chi connectivity index (χ4v) is 2.53. The van der Waals surface area contributed by atoms with Crippen molar-refractivity contribution in [3.05, 3.63) is 30.2 Å². The number of fused-ring (bicyclic) bond motifs is 1. The normalized spacial score (nSPS) is 26.1. The van der Waals surface area contributed by atoms with Crippen LogP contribution in [-0.4, -0.2) is 16.2 Å². The van der Waals surface area contributed by atoms with E-state index in [2.05, 4.69) is 17.1 Å². The molecule has 1 heterocycles. The second kappa shape index (κ2) is 3.91. The molecule has 16 heavy (non-hydrogen) atoms. The van der Waals surface area contributed by atoms with E-state index in [1.807, 2.05) is 6.07 Å². The van der Waals surface area contributed by atoms with E-state index in [1.54, 1.807) is 0 Å². The second-order valence-electron chi connectivity index (χ2n) is 4.58. The van der Waals surface area contributed by atoms with Gasteiger partial charge in [0.1, 0.15) is 5.52 Å². The van der Waals surface area contributed by atoms with Gasteiger partial charge < -0.3 is 9.52 Å². The molecule has 1 aromatic carbocycles. The molecule has 0 aliphatic heterocycles. The highest BCUT2D eigenvalue weighted by molar-refractivity contribution is 5.72. The smallest absolute Gasteiger partial charge is 0.181 e. The van der Waals surface area contributed by atoms with Crippen molar-refractivity contribution in [3.8, 4) is 0 Å². The third kappa shape index (κ3) is 1.71. The summed E-state index contributed by atoms with van der Waals surface area (Å²) in [5, 5.41) is 9.48. The minimum atomic E-state index is -0.0924. The predicted octanol–water partition coefficient (Wildman–Crippen LogP) is 2.85. The maximum absolute atomic E-state index is 9.48.